The molecule has 0 saturated heterocycles. The SMILES string of the molecule is CCOC(=O)C(=CNc1ccc(Br)c(Br)c1)C(=O)OCC. The molecule has 0 spiro atoms. The first-order valence-corrected chi connectivity index (χ1v) is 7.84. The van der Waals surface area contributed by atoms with E-state index >= 15 is 0 Å². The summed E-state index contributed by atoms with van der Waals surface area (Å²) in [5, 5.41) is 2.88. The van der Waals surface area contributed by atoms with Crippen molar-refractivity contribution in [2.24, 2.45) is 0 Å². The van der Waals surface area contributed by atoms with E-state index in [2.05, 4.69) is 37.2 Å². The second-order valence-corrected chi connectivity index (χ2v) is 5.48. The van der Waals surface area contributed by atoms with Crippen molar-refractivity contribution in [2.45, 2.75) is 13.8 Å². The van der Waals surface area contributed by atoms with Gasteiger partial charge in [-0.1, -0.05) is 0 Å². The van der Waals surface area contributed by atoms with E-state index in [-0.39, 0.29) is 18.8 Å². The zero-order valence-electron chi connectivity index (χ0n) is 11.6. The van der Waals surface area contributed by atoms with Crippen molar-refractivity contribution < 1.29 is 19.1 Å². The van der Waals surface area contributed by atoms with E-state index < -0.39 is 11.9 Å². The Hall–Kier alpha value is -1.34. The highest BCUT2D eigenvalue weighted by Gasteiger charge is 2.20. The first-order valence-electron chi connectivity index (χ1n) is 6.25. The lowest BCUT2D eigenvalue weighted by Gasteiger charge is -2.08. The van der Waals surface area contributed by atoms with Gasteiger partial charge >= 0.3 is 11.9 Å². The summed E-state index contributed by atoms with van der Waals surface area (Å²) in [6.07, 6.45) is 1.28. The van der Waals surface area contributed by atoms with E-state index in [4.69, 9.17) is 9.47 Å². The summed E-state index contributed by atoms with van der Waals surface area (Å²) in [6, 6.07) is 5.42. The predicted octanol–water partition coefficient (Wildman–Crippen LogP) is 3.63. The molecule has 7 heteroatoms. The third-order valence-electron chi connectivity index (χ3n) is 2.29. The molecule has 1 aromatic carbocycles. The summed E-state index contributed by atoms with van der Waals surface area (Å²) in [6.45, 7) is 3.69. The highest BCUT2D eigenvalue weighted by molar-refractivity contribution is 9.13. The van der Waals surface area contributed by atoms with Gasteiger partial charge < -0.3 is 14.8 Å². The molecule has 0 unspecified atom stereocenters. The lowest BCUT2D eigenvalue weighted by Crippen LogP contribution is -2.19. The van der Waals surface area contributed by atoms with Crippen molar-refractivity contribution in [3.8, 4) is 0 Å². The molecule has 0 atom stereocenters. The van der Waals surface area contributed by atoms with E-state index in [0.717, 1.165) is 8.95 Å². The van der Waals surface area contributed by atoms with Crippen LogP contribution >= 0.6 is 31.9 Å². The van der Waals surface area contributed by atoms with Crippen molar-refractivity contribution >= 4 is 49.5 Å². The Balaban J connectivity index is 2.93. The molecule has 21 heavy (non-hydrogen) atoms. The Morgan fingerprint density at radius 3 is 2.14 bits per heavy atom. The normalized spacial score (nSPS) is 9.71. The van der Waals surface area contributed by atoms with Gasteiger partial charge in [0.2, 0.25) is 0 Å². The smallest absolute Gasteiger partial charge is 0.347 e. The largest absolute Gasteiger partial charge is 0.462 e. The van der Waals surface area contributed by atoms with E-state index in [1.54, 1.807) is 26.0 Å². The van der Waals surface area contributed by atoms with Gasteiger partial charge in [0.1, 0.15) is 0 Å². The van der Waals surface area contributed by atoms with Gasteiger partial charge in [0.05, 0.1) is 13.2 Å². The third kappa shape index (κ3) is 5.51. The van der Waals surface area contributed by atoms with Gasteiger partial charge in [-0.25, -0.2) is 9.59 Å². The molecule has 1 rings (SSSR count). The van der Waals surface area contributed by atoms with Crippen molar-refractivity contribution in [3.63, 3.8) is 0 Å². The number of ether oxygens (including phenoxy) is 2. The third-order valence-corrected chi connectivity index (χ3v) is 4.17. The van der Waals surface area contributed by atoms with Crippen LogP contribution < -0.4 is 5.32 Å². The molecule has 0 amide bonds. The summed E-state index contributed by atoms with van der Waals surface area (Å²) >= 11 is 6.73. The maximum atomic E-state index is 11.8. The molecule has 0 aliphatic rings. The quantitative estimate of drug-likeness (QED) is 0.329. The number of carbonyl (C=O) groups is 2. The summed E-state index contributed by atoms with van der Waals surface area (Å²) in [4.78, 5) is 23.5. The number of rotatable bonds is 6. The molecule has 0 heterocycles. The Kier molecular flexibility index (Phi) is 7.45. The van der Waals surface area contributed by atoms with Crippen LogP contribution in [0.4, 0.5) is 5.69 Å². The maximum absolute atomic E-state index is 11.8. The zero-order valence-corrected chi connectivity index (χ0v) is 14.8. The Bertz CT molecular complexity index is 538. The van der Waals surface area contributed by atoms with Gasteiger partial charge in [-0.3, -0.25) is 0 Å². The van der Waals surface area contributed by atoms with Crippen LogP contribution in [0.15, 0.2) is 38.9 Å². The highest BCUT2D eigenvalue weighted by Crippen LogP contribution is 2.26. The molecule has 0 aliphatic heterocycles. The van der Waals surface area contributed by atoms with E-state index in [1.165, 1.54) is 6.20 Å². The lowest BCUT2D eigenvalue weighted by molar-refractivity contribution is -0.146. The van der Waals surface area contributed by atoms with Crippen molar-refractivity contribution in [1.29, 1.82) is 0 Å². The fourth-order valence-corrected chi connectivity index (χ4v) is 1.99. The summed E-state index contributed by atoms with van der Waals surface area (Å²) < 4.78 is 11.4. The number of hydrogen-bond acceptors (Lipinski definition) is 5. The first-order chi connectivity index (χ1) is 9.99. The van der Waals surface area contributed by atoms with Crippen molar-refractivity contribution in [2.75, 3.05) is 18.5 Å². The maximum Gasteiger partial charge on any atom is 0.347 e. The number of carbonyl (C=O) groups excluding carboxylic acids is 2. The number of benzene rings is 1. The molecule has 5 nitrogen and oxygen atoms in total. The monoisotopic (exact) mass is 419 g/mol. The van der Waals surface area contributed by atoms with Crippen LogP contribution in [0, 0.1) is 0 Å². The van der Waals surface area contributed by atoms with Crippen LogP contribution in [-0.4, -0.2) is 25.2 Å². The standard InChI is InChI=1S/C14H15Br2NO4/c1-3-20-13(18)10(14(19)21-4-2)8-17-9-5-6-11(15)12(16)7-9/h5-8,17H,3-4H2,1-2H3. The first kappa shape index (κ1) is 17.7. The average Bonchev–Trinajstić information content (AvgIpc) is 2.43. The lowest BCUT2D eigenvalue weighted by atomic mass is 10.2. The molecule has 0 aliphatic carbocycles. The van der Waals surface area contributed by atoms with Crippen molar-refractivity contribution in [1.82, 2.24) is 0 Å². The van der Waals surface area contributed by atoms with E-state index in [0.29, 0.717) is 5.69 Å². The molecule has 1 N–H and O–H groups in total. The molecule has 0 saturated carbocycles. The van der Waals surface area contributed by atoms with Gasteiger partial charge in [-0.2, -0.15) is 0 Å². The van der Waals surface area contributed by atoms with Crippen LogP contribution in [-0.2, 0) is 19.1 Å². The van der Waals surface area contributed by atoms with Gasteiger partial charge in [-0.05, 0) is 63.9 Å². The molecule has 0 radical (unpaired) electrons. The molecular formula is C14H15Br2NO4. The highest BCUT2D eigenvalue weighted by atomic mass is 79.9. The topological polar surface area (TPSA) is 64.6 Å². The molecule has 0 fully saturated rings. The molecule has 0 bridgehead atoms. The fraction of sp³-hybridized carbons (Fsp3) is 0.286. The second kappa shape index (κ2) is 8.84. The van der Waals surface area contributed by atoms with Gasteiger partial charge in [0.15, 0.2) is 5.57 Å². The molecule has 0 aromatic heterocycles. The molecule has 1 aromatic rings. The van der Waals surface area contributed by atoms with Crippen LogP contribution in [0.1, 0.15) is 13.8 Å². The van der Waals surface area contributed by atoms with Gasteiger partial charge in [0.25, 0.3) is 0 Å². The number of anilines is 1. The average molecular weight is 421 g/mol. The van der Waals surface area contributed by atoms with E-state index in [1.807, 2.05) is 6.07 Å². The minimum Gasteiger partial charge on any atom is -0.462 e. The van der Waals surface area contributed by atoms with Crippen LogP contribution in [0.3, 0.4) is 0 Å². The van der Waals surface area contributed by atoms with E-state index in [9.17, 15) is 9.59 Å². The van der Waals surface area contributed by atoms with Crippen LogP contribution in [0.2, 0.25) is 0 Å². The summed E-state index contributed by atoms with van der Waals surface area (Å²) in [7, 11) is 0. The predicted molar refractivity (Wildman–Crippen MR) is 86.8 cm³/mol. The zero-order chi connectivity index (χ0) is 15.8. The summed E-state index contributed by atoms with van der Waals surface area (Å²) in [5.41, 5.74) is 0.522. The van der Waals surface area contributed by atoms with Crippen molar-refractivity contribution in [3.05, 3.63) is 38.9 Å². The summed E-state index contributed by atoms with van der Waals surface area (Å²) in [5.74, 6) is -1.45. The Morgan fingerprint density at radius 1 is 1.10 bits per heavy atom. The van der Waals surface area contributed by atoms with Gasteiger partial charge in [-0.15, -0.1) is 0 Å². The Morgan fingerprint density at radius 2 is 1.67 bits per heavy atom. The second-order valence-electron chi connectivity index (χ2n) is 3.77. The molecular weight excluding hydrogens is 406 g/mol. The fourth-order valence-electron chi connectivity index (χ4n) is 1.36. The number of halogens is 2. The molecule has 114 valence electrons. The number of esters is 2. The number of hydrogen-bond donors (Lipinski definition) is 1. The number of nitrogens with one attached hydrogen (secondary N) is 1. The van der Waals surface area contributed by atoms with Gasteiger partial charge in [0, 0.05) is 20.8 Å². The van der Waals surface area contributed by atoms with Crippen LogP contribution in [0.25, 0.3) is 0 Å². The minimum atomic E-state index is -0.723. The van der Waals surface area contributed by atoms with Crippen LogP contribution in [0.5, 0.6) is 0 Å². The minimum absolute atomic E-state index is 0.180. The Labute approximate surface area is 139 Å².